The fraction of sp³-hybridized carbons (Fsp3) is 0.364. The van der Waals surface area contributed by atoms with E-state index in [1.54, 1.807) is 4.68 Å². The first kappa shape index (κ1) is 17.8. The minimum absolute atomic E-state index is 0.0755. The summed E-state index contributed by atoms with van der Waals surface area (Å²) in [6, 6.07) is 8.17. The topological polar surface area (TPSA) is 74.8 Å². The van der Waals surface area contributed by atoms with E-state index in [1.807, 2.05) is 50.2 Å². The minimum atomic E-state index is -0.0755. The number of benzene rings is 1. The van der Waals surface area contributed by atoms with Crippen molar-refractivity contribution in [2.45, 2.75) is 32.3 Å². The summed E-state index contributed by atoms with van der Waals surface area (Å²) < 4.78 is 9.92. The predicted molar refractivity (Wildman–Crippen MR) is 111 cm³/mol. The molecule has 0 aliphatic heterocycles. The average molecular weight is 389 g/mol. The average Bonchev–Trinajstić information content (AvgIpc) is 3.39. The second kappa shape index (κ2) is 6.69. The van der Waals surface area contributed by atoms with Crippen LogP contribution in [0.4, 0.5) is 0 Å². The van der Waals surface area contributed by atoms with E-state index in [0.29, 0.717) is 24.5 Å². The van der Waals surface area contributed by atoms with Gasteiger partial charge in [0.05, 0.1) is 28.3 Å². The van der Waals surface area contributed by atoms with Gasteiger partial charge in [0.25, 0.3) is 0 Å². The van der Waals surface area contributed by atoms with E-state index in [1.165, 1.54) is 0 Å². The molecule has 1 aromatic carbocycles. The van der Waals surface area contributed by atoms with Gasteiger partial charge < -0.3 is 4.74 Å². The van der Waals surface area contributed by atoms with Gasteiger partial charge in [0, 0.05) is 50.0 Å². The van der Waals surface area contributed by atoms with E-state index in [0.717, 1.165) is 39.5 Å². The lowest BCUT2D eigenvalue weighted by Crippen LogP contribution is -2.22. The van der Waals surface area contributed by atoms with Crippen LogP contribution in [0.1, 0.15) is 26.2 Å². The van der Waals surface area contributed by atoms with Crippen LogP contribution in [-0.4, -0.2) is 36.4 Å². The zero-order chi connectivity index (χ0) is 20.1. The largest absolute Gasteiger partial charge is 0.474 e. The molecular weight excluding hydrogens is 366 g/mol. The van der Waals surface area contributed by atoms with Crippen LogP contribution in [0.25, 0.3) is 33.1 Å². The third-order valence-corrected chi connectivity index (χ3v) is 5.87. The van der Waals surface area contributed by atoms with Crippen molar-refractivity contribution in [3.63, 3.8) is 0 Å². The first-order chi connectivity index (χ1) is 14.0. The van der Waals surface area contributed by atoms with Crippen LogP contribution in [0, 0.1) is 5.92 Å². The summed E-state index contributed by atoms with van der Waals surface area (Å²) >= 11 is 0. The molecule has 0 saturated heterocycles. The molecule has 0 unspecified atom stereocenters. The highest BCUT2D eigenvalue weighted by atomic mass is 16.5. The highest BCUT2D eigenvalue weighted by Crippen LogP contribution is 2.33. The zero-order valence-corrected chi connectivity index (χ0v) is 16.8. The molecule has 0 radical (unpaired) electrons. The number of hydrogen-bond acceptors (Lipinski definition) is 5. The molecule has 4 aromatic rings. The van der Waals surface area contributed by atoms with Crippen LogP contribution in [0.3, 0.4) is 0 Å². The van der Waals surface area contributed by atoms with Crippen LogP contribution in [0.2, 0.25) is 0 Å². The molecule has 5 rings (SSSR count). The molecule has 1 aliphatic carbocycles. The number of aryl methyl sites for hydroxylation is 2. The molecule has 0 bridgehead atoms. The van der Waals surface area contributed by atoms with E-state index >= 15 is 0 Å². The van der Waals surface area contributed by atoms with Crippen molar-refractivity contribution in [1.29, 1.82) is 0 Å². The van der Waals surface area contributed by atoms with E-state index in [2.05, 4.69) is 22.3 Å². The Kier molecular flexibility index (Phi) is 4.12. The summed E-state index contributed by atoms with van der Waals surface area (Å²) in [7, 11) is 3.82. The second-order valence-corrected chi connectivity index (χ2v) is 7.95. The van der Waals surface area contributed by atoms with E-state index in [4.69, 9.17) is 9.72 Å². The van der Waals surface area contributed by atoms with E-state index in [-0.39, 0.29) is 12.0 Å². The van der Waals surface area contributed by atoms with Crippen LogP contribution in [0.15, 0.2) is 36.7 Å². The molecule has 1 aliphatic rings. The number of fused-ring (bicyclic) bond motifs is 2. The molecule has 7 heteroatoms. The number of ether oxygens (including phenoxy) is 1. The van der Waals surface area contributed by atoms with Crippen molar-refractivity contribution in [3.8, 4) is 17.1 Å². The molecule has 29 heavy (non-hydrogen) atoms. The predicted octanol–water partition coefficient (Wildman–Crippen LogP) is 3.66. The molecule has 3 aromatic heterocycles. The maximum absolute atomic E-state index is 11.7. The Bertz CT molecular complexity index is 1240. The molecular formula is C22H23N5O2. The van der Waals surface area contributed by atoms with Crippen molar-refractivity contribution in [2.75, 3.05) is 0 Å². The van der Waals surface area contributed by atoms with Crippen molar-refractivity contribution in [1.82, 2.24) is 24.5 Å². The Morgan fingerprint density at radius 3 is 2.90 bits per heavy atom. The Balaban J connectivity index is 1.56. The number of Topliss-reactive ketones (excluding diaryl/α,β-unsaturated/α-hetero) is 1. The van der Waals surface area contributed by atoms with Gasteiger partial charge >= 0.3 is 0 Å². The van der Waals surface area contributed by atoms with Crippen molar-refractivity contribution >= 4 is 27.6 Å². The Labute approximate surface area is 168 Å². The Morgan fingerprint density at radius 2 is 2.10 bits per heavy atom. The van der Waals surface area contributed by atoms with Crippen LogP contribution < -0.4 is 4.74 Å². The van der Waals surface area contributed by atoms with Crippen LogP contribution in [0.5, 0.6) is 5.88 Å². The zero-order valence-electron chi connectivity index (χ0n) is 16.8. The van der Waals surface area contributed by atoms with Crippen molar-refractivity contribution in [2.24, 2.45) is 20.0 Å². The normalized spacial score (nSPS) is 18.0. The maximum atomic E-state index is 11.7. The van der Waals surface area contributed by atoms with Crippen molar-refractivity contribution < 1.29 is 9.53 Å². The SMILES string of the molecule is C[C@@H](Oc1nc(-c2ccc3c(cnn3C)c2)cc2nn(C)cc12)[C@H]1CCC(=O)C1. The highest BCUT2D eigenvalue weighted by Gasteiger charge is 2.29. The Morgan fingerprint density at radius 1 is 1.24 bits per heavy atom. The molecule has 3 heterocycles. The van der Waals surface area contributed by atoms with E-state index in [9.17, 15) is 4.79 Å². The number of nitrogens with zero attached hydrogens (tertiary/aromatic N) is 5. The number of carbonyl (C=O) groups is 1. The lowest BCUT2D eigenvalue weighted by atomic mass is 10.0. The van der Waals surface area contributed by atoms with Gasteiger partial charge in [-0.25, -0.2) is 4.98 Å². The molecule has 7 nitrogen and oxygen atoms in total. The third-order valence-electron chi connectivity index (χ3n) is 5.87. The number of hydrogen-bond donors (Lipinski definition) is 0. The summed E-state index contributed by atoms with van der Waals surface area (Å²) in [4.78, 5) is 16.5. The summed E-state index contributed by atoms with van der Waals surface area (Å²) in [6.45, 7) is 2.03. The van der Waals surface area contributed by atoms with Gasteiger partial charge in [-0.2, -0.15) is 10.2 Å². The monoisotopic (exact) mass is 389 g/mol. The number of rotatable bonds is 4. The Hall–Kier alpha value is -3.22. The minimum Gasteiger partial charge on any atom is -0.474 e. The second-order valence-electron chi connectivity index (χ2n) is 7.95. The summed E-state index contributed by atoms with van der Waals surface area (Å²) in [6.07, 6.45) is 5.84. The highest BCUT2D eigenvalue weighted by molar-refractivity contribution is 5.89. The van der Waals surface area contributed by atoms with Crippen LogP contribution >= 0.6 is 0 Å². The number of aromatic nitrogens is 5. The van der Waals surface area contributed by atoms with E-state index < -0.39 is 0 Å². The quantitative estimate of drug-likeness (QED) is 0.532. The first-order valence-corrected chi connectivity index (χ1v) is 9.93. The van der Waals surface area contributed by atoms with Gasteiger partial charge in [0.1, 0.15) is 11.9 Å². The number of carbonyl (C=O) groups excluding carboxylic acids is 1. The standard InChI is InChI=1S/C22H23N5O2/c1-13(14-4-6-17(28)9-14)29-22-18-12-26(2)25-20(18)10-19(24-22)15-5-7-21-16(8-15)11-23-27(21)3/h5,7-8,10-14H,4,6,9H2,1-3H3/t13-,14+/m1/s1. The lowest BCUT2D eigenvalue weighted by Gasteiger charge is -2.20. The van der Waals surface area contributed by atoms with Gasteiger partial charge in [-0.15, -0.1) is 0 Å². The van der Waals surface area contributed by atoms with Gasteiger partial charge in [0.2, 0.25) is 5.88 Å². The fourth-order valence-corrected chi connectivity index (χ4v) is 4.19. The lowest BCUT2D eigenvalue weighted by molar-refractivity contribution is -0.117. The number of pyridine rings is 1. The smallest absolute Gasteiger partial charge is 0.225 e. The van der Waals surface area contributed by atoms with Gasteiger partial charge in [-0.1, -0.05) is 6.07 Å². The molecule has 0 amide bonds. The molecule has 0 spiro atoms. The van der Waals surface area contributed by atoms with Crippen molar-refractivity contribution in [3.05, 3.63) is 36.7 Å². The third kappa shape index (κ3) is 3.16. The molecule has 1 fully saturated rings. The summed E-state index contributed by atoms with van der Waals surface area (Å²) in [5.41, 5.74) is 3.72. The summed E-state index contributed by atoms with van der Waals surface area (Å²) in [5, 5.41) is 10.8. The molecule has 148 valence electrons. The summed E-state index contributed by atoms with van der Waals surface area (Å²) in [5.74, 6) is 1.14. The van der Waals surface area contributed by atoms with Gasteiger partial charge in [-0.3, -0.25) is 14.2 Å². The van der Waals surface area contributed by atoms with Gasteiger partial charge in [-0.05, 0) is 31.5 Å². The first-order valence-electron chi connectivity index (χ1n) is 9.93. The molecule has 2 atom stereocenters. The maximum Gasteiger partial charge on any atom is 0.225 e. The fourth-order valence-electron chi connectivity index (χ4n) is 4.19. The number of ketones is 1. The van der Waals surface area contributed by atoms with Crippen LogP contribution in [-0.2, 0) is 18.9 Å². The molecule has 1 saturated carbocycles. The molecule has 0 N–H and O–H groups in total. The van der Waals surface area contributed by atoms with Gasteiger partial charge in [0.15, 0.2) is 0 Å².